The fraction of sp³-hybridized carbons (Fsp3) is 0.556. The van der Waals surface area contributed by atoms with E-state index in [9.17, 15) is 9.59 Å². The van der Waals surface area contributed by atoms with Crippen molar-refractivity contribution in [3.8, 4) is 0 Å². The molecule has 0 spiro atoms. The molecule has 0 amide bonds. The summed E-state index contributed by atoms with van der Waals surface area (Å²) in [6.07, 6.45) is 3.77. The second-order valence-corrected chi connectivity index (χ2v) is 5.79. The lowest BCUT2D eigenvalue weighted by Crippen LogP contribution is -2.39. The molecule has 1 aromatic rings. The number of Topliss-reactive ketones (excluding diaryl/α,β-unsaturated/α-hetero) is 1. The molecule has 0 aromatic heterocycles. The van der Waals surface area contributed by atoms with E-state index >= 15 is 0 Å². The molecule has 5 nitrogen and oxygen atoms in total. The van der Waals surface area contributed by atoms with E-state index in [1.807, 2.05) is 18.2 Å². The highest BCUT2D eigenvalue weighted by atomic mass is 16.5. The van der Waals surface area contributed by atoms with Crippen LogP contribution in [0.3, 0.4) is 0 Å². The van der Waals surface area contributed by atoms with Crippen molar-refractivity contribution in [2.45, 2.75) is 45.1 Å². The van der Waals surface area contributed by atoms with Gasteiger partial charge in [0.15, 0.2) is 5.78 Å². The molecule has 1 unspecified atom stereocenters. The Morgan fingerprint density at radius 3 is 2.83 bits per heavy atom. The molecule has 126 valence electrons. The number of ether oxygens (including phenoxy) is 1. The van der Waals surface area contributed by atoms with Gasteiger partial charge in [0, 0.05) is 12.2 Å². The third-order valence-electron chi connectivity index (χ3n) is 4.10. The zero-order chi connectivity index (χ0) is 16.7. The van der Waals surface area contributed by atoms with Crippen LogP contribution in [0, 0.1) is 0 Å². The van der Waals surface area contributed by atoms with Crippen LogP contribution in [0.5, 0.6) is 0 Å². The van der Waals surface area contributed by atoms with Gasteiger partial charge in [-0.2, -0.15) is 0 Å². The number of fused-ring (bicyclic) bond motifs is 1. The van der Waals surface area contributed by atoms with Crippen molar-refractivity contribution in [1.29, 1.82) is 0 Å². The number of rotatable bonds is 9. The lowest BCUT2D eigenvalue weighted by molar-refractivity contribution is -0.143. The maximum absolute atomic E-state index is 12.7. The normalized spacial score (nSPS) is 14.3. The first kappa shape index (κ1) is 17.6. The number of carbonyl (C=O) groups is 2. The summed E-state index contributed by atoms with van der Waals surface area (Å²) in [5.41, 5.74) is 3.19. The number of esters is 1. The second-order valence-electron chi connectivity index (χ2n) is 5.79. The molecule has 0 heterocycles. The Bertz CT molecular complexity index is 556. The maximum Gasteiger partial charge on any atom is 0.307 e. The van der Waals surface area contributed by atoms with Crippen LogP contribution in [-0.4, -0.2) is 42.7 Å². The number of aryl methyl sites for hydroxylation is 2. The van der Waals surface area contributed by atoms with E-state index in [0.717, 1.165) is 19.3 Å². The SMILES string of the molecule is CCOC(=O)CC(NCCCO)C(=O)c1ccc2c(c1)CCC2. The Morgan fingerprint density at radius 2 is 2.09 bits per heavy atom. The molecule has 0 radical (unpaired) electrons. The van der Waals surface area contributed by atoms with Gasteiger partial charge in [-0.05, 0) is 56.3 Å². The summed E-state index contributed by atoms with van der Waals surface area (Å²) in [5, 5.41) is 12.0. The van der Waals surface area contributed by atoms with Gasteiger partial charge in [0.2, 0.25) is 0 Å². The molecule has 0 aliphatic heterocycles. The largest absolute Gasteiger partial charge is 0.466 e. The molecule has 5 heteroatoms. The molecule has 1 atom stereocenters. The van der Waals surface area contributed by atoms with Crippen LogP contribution >= 0.6 is 0 Å². The van der Waals surface area contributed by atoms with Gasteiger partial charge in [-0.15, -0.1) is 0 Å². The van der Waals surface area contributed by atoms with Gasteiger partial charge in [-0.1, -0.05) is 12.1 Å². The molecule has 0 fully saturated rings. The summed E-state index contributed by atoms with van der Waals surface area (Å²) in [6.45, 7) is 2.58. The Morgan fingerprint density at radius 1 is 1.30 bits per heavy atom. The van der Waals surface area contributed by atoms with E-state index in [2.05, 4.69) is 5.32 Å². The molecule has 0 saturated carbocycles. The minimum absolute atomic E-state index is 0.00911. The monoisotopic (exact) mass is 319 g/mol. The van der Waals surface area contributed by atoms with Crippen LogP contribution in [0.1, 0.15) is 47.7 Å². The van der Waals surface area contributed by atoms with E-state index < -0.39 is 6.04 Å². The van der Waals surface area contributed by atoms with Crippen molar-refractivity contribution >= 4 is 11.8 Å². The summed E-state index contributed by atoms with van der Waals surface area (Å²) in [5.74, 6) is -0.478. The van der Waals surface area contributed by atoms with Crippen molar-refractivity contribution in [3.63, 3.8) is 0 Å². The number of hydrogen-bond donors (Lipinski definition) is 2. The number of aliphatic hydroxyl groups is 1. The average Bonchev–Trinajstić information content (AvgIpc) is 3.01. The second kappa shape index (κ2) is 8.79. The Labute approximate surface area is 137 Å². The van der Waals surface area contributed by atoms with Gasteiger partial charge < -0.3 is 15.2 Å². The zero-order valence-corrected chi connectivity index (χ0v) is 13.6. The lowest BCUT2D eigenvalue weighted by atomic mass is 9.98. The highest BCUT2D eigenvalue weighted by molar-refractivity contribution is 6.02. The first-order valence-corrected chi connectivity index (χ1v) is 8.31. The van der Waals surface area contributed by atoms with Crippen LogP contribution in [0.25, 0.3) is 0 Å². The zero-order valence-electron chi connectivity index (χ0n) is 13.6. The van der Waals surface area contributed by atoms with Gasteiger partial charge >= 0.3 is 5.97 Å². The van der Waals surface area contributed by atoms with Gasteiger partial charge in [-0.25, -0.2) is 0 Å². The van der Waals surface area contributed by atoms with Crippen LogP contribution < -0.4 is 5.32 Å². The van der Waals surface area contributed by atoms with Gasteiger partial charge in [0.1, 0.15) is 0 Å². The van der Waals surface area contributed by atoms with Gasteiger partial charge in [-0.3, -0.25) is 9.59 Å². The van der Waals surface area contributed by atoms with Gasteiger partial charge in [0.05, 0.1) is 19.1 Å². The van der Waals surface area contributed by atoms with Crippen molar-refractivity contribution in [1.82, 2.24) is 5.32 Å². The Kier molecular flexibility index (Phi) is 6.74. The fourth-order valence-electron chi connectivity index (χ4n) is 2.93. The van der Waals surface area contributed by atoms with E-state index in [1.54, 1.807) is 6.92 Å². The predicted molar refractivity (Wildman–Crippen MR) is 87.5 cm³/mol. The van der Waals surface area contributed by atoms with Crippen LogP contribution in [-0.2, 0) is 22.4 Å². The molecular formula is C18H25NO4. The lowest BCUT2D eigenvalue weighted by Gasteiger charge is -2.17. The summed E-state index contributed by atoms with van der Waals surface area (Å²) in [7, 11) is 0. The number of carbonyl (C=O) groups excluding carboxylic acids is 2. The molecule has 0 bridgehead atoms. The molecule has 1 aliphatic rings. The topological polar surface area (TPSA) is 75.6 Å². The van der Waals surface area contributed by atoms with E-state index in [4.69, 9.17) is 9.84 Å². The van der Waals surface area contributed by atoms with Gasteiger partial charge in [0.25, 0.3) is 0 Å². The molecule has 1 aromatic carbocycles. The number of hydrogen-bond acceptors (Lipinski definition) is 5. The third kappa shape index (κ3) is 4.88. The number of benzene rings is 1. The number of nitrogens with one attached hydrogen (secondary N) is 1. The molecule has 0 saturated heterocycles. The predicted octanol–water partition coefficient (Wildman–Crippen LogP) is 1.65. The summed E-state index contributed by atoms with van der Waals surface area (Å²) in [6, 6.07) is 5.21. The first-order chi connectivity index (χ1) is 11.2. The number of ketones is 1. The Hall–Kier alpha value is -1.72. The van der Waals surface area contributed by atoms with Crippen LogP contribution in [0.4, 0.5) is 0 Å². The van der Waals surface area contributed by atoms with E-state index in [0.29, 0.717) is 25.1 Å². The maximum atomic E-state index is 12.7. The quantitative estimate of drug-likeness (QED) is 0.411. The molecule has 23 heavy (non-hydrogen) atoms. The fourth-order valence-corrected chi connectivity index (χ4v) is 2.93. The minimum atomic E-state index is -0.611. The highest BCUT2D eigenvalue weighted by Gasteiger charge is 2.24. The van der Waals surface area contributed by atoms with Crippen LogP contribution in [0.2, 0.25) is 0 Å². The summed E-state index contributed by atoms with van der Waals surface area (Å²) < 4.78 is 4.96. The number of aliphatic hydroxyl groups excluding tert-OH is 1. The summed E-state index contributed by atoms with van der Waals surface area (Å²) >= 11 is 0. The Balaban J connectivity index is 2.09. The van der Waals surface area contributed by atoms with E-state index in [-0.39, 0.29) is 24.8 Å². The third-order valence-corrected chi connectivity index (χ3v) is 4.10. The molecular weight excluding hydrogens is 294 g/mol. The van der Waals surface area contributed by atoms with Crippen molar-refractivity contribution in [2.24, 2.45) is 0 Å². The molecule has 1 aliphatic carbocycles. The van der Waals surface area contributed by atoms with E-state index in [1.165, 1.54) is 11.1 Å². The average molecular weight is 319 g/mol. The minimum Gasteiger partial charge on any atom is -0.466 e. The molecule has 2 rings (SSSR count). The van der Waals surface area contributed by atoms with Crippen LogP contribution in [0.15, 0.2) is 18.2 Å². The first-order valence-electron chi connectivity index (χ1n) is 8.31. The highest BCUT2D eigenvalue weighted by Crippen LogP contribution is 2.23. The van der Waals surface area contributed by atoms with Crippen molar-refractivity contribution in [3.05, 3.63) is 34.9 Å². The smallest absolute Gasteiger partial charge is 0.307 e. The molecule has 2 N–H and O–H groups in total. The standard InChI is InChI=1S/C18H25NO4/c1-2-23-17(21)12-16(19-9-4-10-20)18(22)15-8-7-13-5-3-6-14(13)11-15/h7-8,11,16,19-20H,2-6,9-10,12H2,1H3. The van der Waals surface area contributed by atoms with Crippen molar-refractivity contribution in [2.75, 3.05) is 19.8 Å². The summed E-state index contributed by atoms with van der Waals surface area (Å²) in [4.78, 5) is 24.5. The van der Waals surface area contributed by atoms with Crippen molar-refractivity contribution < 1.29 is 19.4 Å².